The highest BCUT2D eigenvalue weighted by Crippen LogP contribution is 2.28. The number of alkyl halides is 3. The second-order valence-electron chi connectivity index (χ2n) is 4.88. The molecule has 0 saturated heterocycles. The van der Waals surface area contributed by atoms with Gasteiger partial charge in [-0.1, -0.05) is 12.1 Å². The summed E-state index contributed by atoms with van der Waals surface area (Å²) in [5, 5.41) is 3.23. The summed E-state index contributed by atoms with van der Waals surface area (Å²) in [6.07, 6.45) is 3.25. The molecule has 1 aromatic heterocycles. The minimum Gasteiger partial charge on any atom is -0.337 e. The molecule has 1 heterocycles. The number of rotatable bonds is 7. The zero-order valence-corrected chi connectivity index (χ0v) is 11.6. The van der Waals surface area contributed by atoms with E-state index in [0.29, 0.717) is 6.54 Å². The van der Waals surface area contributed by atoms with Crippen LogP contribution in [0.2, 0.25) is 0 Å². The van der Waals surface area contributed by atoms with Crippen LogP contribution >= 0.6 is 0 Å². The molecule has 0 saturated carbocycles. The van der Waals surface area contributed by atoms with E-state index in [9.17, 15) is 13.2 Å². The largest absolute Gasteiger partial charge is 0.416 e. The maximum Gasteiger partial charge on any atom is 0.416 e. The molecule has 0 fully saturated rings. The summed E-state index contributed by atoms with van der Waals surface area (Å²) < 4.78 is 39.2. The normalized spacial score (nSPS) is 11.8. The van der Waals surface area contributed by atoms with Crippen molar-refractivity contribution in [1.29, 1.82) is 0 Å². The molecule has 0 spiro atoms. The molecule has 0 aliphatic heterocycles. The Morgan fingerprint density at radius 1 is 1.10 bits per heavy atom. The molecule has 1 aromatic carbocycles. The lowest BCUT2D eigenvalue weighted by molar-refractivity contribution is -0.137. The molecule has 0 aliphatic rings. The molecule has 1 N–H and O–H groups in total. The van der Waals surface area contributed by atoms with Gasteiger partial charge < -0.3 is 9.88 Å². The number of aromatic nitrogens is 2. The third-order valence-electron chi connectivity index (χ3n) is 3.19. The van der Waals surface area contributed by atoms with Crippen LogP contribution in [0.15, 0.2) is 43.0 Å². The van der Waals surface area contributed by atoms with E-state index in [1.807, 2.05) is 10.8 Å². The van der Waals surface area contributed by atoms with Crippen LogP contribution in [0, 0.1) is 0 Å². The topological polar surface area (TPSA) is 29.9 Å². The lowest BCUT2D eigenvalue weighted by atomic mass is 10.1. The zero-order valence-electron chi connectivity index (χ0n) is 11.6. The number of unbranched alkanes of at least 4 members (excludes halogenated alkanes) is 1. The lowest BCUT2D eigenvalue weighted by Crippen LogP contribution is -2.15. The fraction of sp³-hybridized carbons (Fsp3) is 0.400. The third kappa shape index (κ3) is 5.23. The summed E-state index contributed by atoms with van der Waals surface area (Å²) in [6.45, 7) is 2.36. The number of imidazole rings is 1. The van der Waals surface area contributed by atoms with Gasteiger partial charge in [0.15, 0.2) is 0 Å². The SMILES string of the molecule is FC(F)(F)c1ccc(CNCCCCn2ccnc2)cc1. The van der Waals surface area contributed by atoms with Gasteiger partial charge in [0.25, 0.3) is 0 Å². The number of nitrogens with one attached hydrogen (secondary N) is 1. The Hall–Kier alpha value is -1.82. The van der Waals surface area contributed by atoms with Crippen molar-refractivity contribution in [2.24, 2.45) is 0 Å². The van der Waals surface area contributed by atoms with Crippen molar-refractivity contribution in [3.63, 3.8) is 0 Å². The van der Waals surface area contributed by atoms with E-state index in [0.717, 1.165) is 43.6 Å². The Morgan fingerprint density at radius 2 is 1.86 bits per heavy atom. The molecule has 2 aromatic rings. The van der Waals surface area contributed by atoms with E-state index in [4.69, 9.17) is 0 Å². The van der Waals surface area contributed by atoms with Crippen LogP contribution in [-0.4, -0.2) is 16.1 Å². The Kier molecular flexibility index (Phi) is 5.38. The molecule has 2 rings (SSSR count). The number of hydrogen-bond donors (Lipinski definition) is 1. The highest BCUT2D eigenvalue weighted by atomic mass is 19.4. The van der Waals surface area contributed by atoms with E-state index >= 15 is 0 Å². The molecule has 3 nitrogen and oxygen atoms in total. The van der Waals surface area contributed by atoms with Crippen LogP contribution in [0.5, 0.6) is 0 Å². The van der Waals surface area contributed by atoms with Crippen LogP contribution in [0.1, 0.15) is 24.0 Å². The van der Waals surface area contributed by atoms with Gasteiger partial charge >= 0.3 is 6.18 Å². The maximum absolute atomic E-state index is 12.4. The molecule has 21 heavy (non-hydrogen) atoms. The van der Waals surface area contributed by atoms with Gasteiger partial charge in [-0.2, -0.15) is 13.2 Å². The van der Waals surface area contributed by atoms with Crippen LogP contribution in [-0.2, 0) is 19.3 Å². The highest BCUT2D eigenvalue weighted by molar-refractivity contribution is 5.24. The van der Waals surface area contributed by atoms with Gasteiger partial charge in [0.2, 0.25) is 0 Å². The number of benzene rings is 1. The first kappa shape index (κ1) is 15.6. The average Bonchev–Trinajstić information content (AvgIpc) is 2.95. The van der Waals surface area contributed by atoms with Gasteiger partial charge in [0.05, 0.1) is 11.9 Å². The molecule has 6 heteroatoms. The standard InChI is InChI=1S/C15H18F3N3/c16-15(17,18)14-5-3-13(4-6-14)11-19-7-1-2-9-21-10-8-20-12-21/h3-6,8,10,12,19H,1-2,7,9,11H2. The van der Waals surface area contributed by atoms with Gasteiger partial charge in [0, 0.05) is 25.5 Å². The van der Waals surface area contributed by atoms with E-state index in [1.54, 1.807) is 12.5 Å². The van der Waals surface area contributed by atoms with Crippen LogP contribution in [0.4, 0.5) is 13.2 Å². The van der Waals surface area contributed by atoms with Crippen molar-refractivity contribution < 1.29 is 13.2 Å². The summed E-state index contributed by atoms with van der Waals surface area (Å²) in [5.74, 6) is 0. The second kappa shape index (κ2) is 7.26. The monoisotopic (exact) mass is 297 g/mol. The Bertz CT molecular complexity index is 518. The molecule has 0 unspecified atom stereocenters. The predicted molar refractivity (Wildman–Crippen MR) is 74.6 cm³/mol. The first-order valence-corrected chi connectivity index (χ1v) is 6.88. The van der Waals surface area contributed by atoms with Crippen LogP contribution in [0.3, 0.4) is 0 Å². The average molecular weight is 297 g/mol. The molecule has 0 radical (unpaired) electrons. The zero-order chi connectivity index (χ0) is 15.1. The summed E-state index contributed by atoms with van der Waals surface area (Å²) in [4.78, 5) is 3.97. The van der Waals surface area contributed by atoms with E-state index in [-0.39, 0.29) is 0 Å². The second-order valence-corrected chi connectivity index (χ2v) is 4.88. The highest BCUT2D eigenvalue weighted by Gasteiger charge is 2.29. The van der Waals surface area contributed by atoms with Gasteiger partial charge in [0.1, 0.15) is 0 Å². The van der Waals surface area contributed by atoms with Crippen molar-refractivity contribution in [3.05, 3.63) is 54.1 Å². The van der Waals surface area contributed by atoms with Crippen molar-refractivity contribution >= 4 is 0 Å². The van der Waals surface area contributed by atoms with E-state index in [1.165, 1.54) is 12.1 Å². The van der Waals surface area contributed by atoms with Crippen molar-refractivity contribution in [3.8, 4) is 0 Å². The van der Waals surface area contributed by atoms with Gasteiger partial charge in [-0.15, -0.1) is 0 Å². The Morgan fingerprint density at radius 3 is 2.48 bits per heavy atom. The van der Waals surface area contributed by atoms with Crippen LogP contribution < -0.4 is 5.32 Å². The van der Waals surface area contributed by atoms with E-state index < -0.39 is 11.7 Å². The van der Waals surface area contributed by atoms with Gasteiger partial charge in [-0.25, -0.2) is 4.98 Å². The third-order valence-corrected chi connectivity index (χ3v) is 3.19. The minimum atomic E-state index is -4.26. The number of hydrogen-bond acceptors (Lipinski definition) is 2. The quantitative estimate of drug-likeness (QED) is 0.793. The molecule has 114 valence electrons. The Labute approximate surface area is 121 Å². The molecular weight excluding hydrogens is 279 g/mol. The smallest absolute Gasteiger partial charge is 0.337 e. The fourth-order valence-corrected chi connectivity index (χ4v) is 2.01. The first-order chi connectivity index (χ1) is 10.1. The van der Waals surface area contributed by atoms with Crippen LogP contribution in [0.25, 0.3) is 0 Å². The predicted octanol–water partition coefficient (Wildman–Crippen LogP) is 3.47. The summed E-state index contributed by atoms with van der Waals surface area (Å²) in [7, 11) is 0. The minimum absolute atomic E-state index is 0.587. The Balaban J connectivity index is 1.62. The maximum atomic E-state index is 12.4. The first-order valence-electron chi connectivity index (χ1n) is 6.88. The molecule has 0 bridgehead atoms. The summed E-state index contributed by atoms with van der Waals surface area (Å²) >= 11 is 0. The molecule has 0 aliphatic carbocycles. The number of nitrogens with zero attached hydrogens (tertiary/aromatic N) is 2. The number of halogens is 3. The lowest BCUT2D eigenvalue weighted by Gasteiger charge is -2.08. The van der Waals surface area contributed by atoms with Crippen molar-refractivity contribution in [2.75, 3.05) is 6.54 Å². The summed E-state index contributed by atoms with van der Waals surface area (Å²) in [5.41, 5.74) is 0.254. The van der Waals surface area contributed by atoms with Gasteiger partial charge in [-0.3, -0.25) is 0 Å². The molecule has 0 atom stereocenters. The molecule has 0 amide bonds. The van der Waals surface area contributed by atoms with Crippen molar-refractivity contribution in [1.82, 2.24) is 14.9 Å². The molecular formula is C15H18F3N3. The summed E-state index contributed by atoms with van der Waals surface area (Å²) in [6, 6.07) is 5.27. The fourth-order valence-electron chi connectivity index (χ4n) is 2.01. The van der Waals surface area contributed by atoms with Crippen molar-refractivity contribution in [2.45, 2.75) is 32.1 Å². The van der Waals surface area contributed by atoms with E-state index in [2.05, 4.69) is 10.3 Å². The van der Waals surface area contributed by atoms with Gasteiger partial charge in [-0.05, 0) is 37.1 Å². The number of aryl methyl sites for hydroxylation is 1.